The zero-order chi connectivity index (χ0) is 14.8. The molecule has 114 valence electrons. The lowest BCUT2D eigenvalue weighted by Crippen LogP contribution is -2.34. The number of carboxylic acid groups (broad SMARTS) is 1. The van der Waals surface area contributed by atoms with E-state index in [1.807, 2.05) is 0 Å². The highest BCUT2D eigenvalue weighted by molar-refractivity contribution is 8.22. The molecule has 0 bridgehead atoms. The predicted octanol–water partition coefficient (Wildman–Crippen LogP) is 2.11. The van der Waals surface area contributed by atoms with Crippen LogP contribution >= 0.6 is 22.1 Å². The summed E-state index contributed by atoms with van der Waals surface area (Å²) in [6.07, 6.45) is 2.00. The quantitative estimate of drug-likeness (QED) is 0.640. The van der Waals surface area contributed by atoms with Crippen LogP contribution < -0.4 is 0 Å². The van der Waals surface area contributed by atoms with E-state index in [9.17, 15) is 19.0 Å². The first-order chi connectivity index (χ1) is 9.44. The number of aliphatic hydroxyl groups excluding tert-OH is 1. The van der Waals surface area contributed by atoms with Crippen molar-refractivity contribution in [1.29, 1.82) is 0 Å². The van der Waals surface area contributed by atoms with Gasteiger partial charge in [-0.05, 0) is 31.4 Å². The molecule has 4 N–H and O–H groups in total. The molecule has 1 aromatic heterocycles. The summed E-state index contributed by atoms with van der Waals surface area (Å²) in [6.45, 7) is 0.423. The summed E-state index contributed by atoms with van der Waals surface area (Å²) in [4.78, 5) is 12.1. The topological polar surface area (TPSA) is 101 Å². The molecule has 0 spiro atoms. The molecule has 0 aliphatic carbocycles. The van der Waals surface area contributed by atoms with Gasteiger partial charge in [-0.3, -0.25) is 9.11 Å². The van der Waals surface area contributed by atoms with E-state index in [1.165, 1.54) is 11.3 Å². The smallest absolute Gasteiger partial charge is 0.345 e. The molecular formula is C12H19NO5S2. The third kappa shape index (κ3) is 3.51. The van der Waals surface area contributed by atoms with Crippen LogP contribution in [0.4, 0.5) is 0 Å². The monoisotopic (exact) mass is 321 g/mol. The summed E-state index contributed by atoms with van der Waals surface area (Å²) in [5.41, 5.74) is 0. The van der Waals surface area contributed by atoms with E-state index in [4.69, 9.17) is 5.11 Å². The highest BCUT2D eigenvalue weighted by atomic mass is 32.3. The van der Waals surface area contributed by atoms with Gasteiger partial charge in [0.15, 0.2) is 0 Å². The SMILES string of the molecule is O=C(O)c1ccc(CCCN2C(CO)CCS2(O)O)s1. The number of aliphatic hydroxyl groups is 1. The van der Waals surface area contributed by atoms with Gasteiger partial charge in [0.05, 0.1) is 18.4 Å². The molecule has 8 heteroatoms. The van der Waals surface area contributed by atoms with Gasteiger partial charge >= 0.3 is 5.97 Å². The molecule has 0 saturated carbocycles. The summed E-state index contributed by atoms with van der Waals surface area (Å²) in [7, 11) is -2.73. The van der Waals surface area contributed by atoms with Gasteiger partial charge in [-0.2, -0.15) is 0 Å². The zero-order valence-electron chi connectivity index (χ0n) is 10.9. The predicted molar refractivity (Wildman–Crippen MR) is 79.5 cm³/mol. The van der Waals surface area contributed by atoms with Crippen molar-refractivity contribution < 1.29 is 24.1 Å². The highest BCUT2D eigenvalue weighted by Gasteiger charge is 2.36. The number of hydrogen-bond donors (Lipinski definition) is 4. The fraction of sp³-hybridized carbons (Fsp3) is 0.583. The Kier molecular flexibility index (Phi) is 5.05. The van der Waals surface area contributed by atoms with Gasteiger partial charge in [0, 0.05) is 11.4 Å². The molecule has 0 aromatic carbocycles. The molecule has 1 aliphatic heterocycles. The van der Waals surface area contributed by atoms with E-state index in [1.54, 1.807) is 16.4 Å². The Morgan fingerprint density at radius 2 is 2.20 bits per heavy atom. The minimum atomic E-state index is -2.73. The van der Waals surface area contributed by atoms with Crippen LogP contribution in [0.3, 0.4) is 0 Å². The first-order valence-corrected chi connectivity index (χ1v) is 8.88. The van der Waals surface area contributed by atoms with Crippen molar-refractivity contribution in [2.75, 3.05) is 18.9 Å². The summed E-state index contributed by atoms with van der Waals surface area (Å²) < 4.78 is 21.4. The molecule has 1 aromatic rings. The maximum Gasteiger partial charge on any atom is 0.345 e. The van der Waals surface area contributed by atoms with Gasteiger partial charge in [-0.15, -0.1) is 22.1 Å². The van der Waals surface area contributed by atoms with Crippen LogP contribution in [0.2, 0.25) is 0 Å². The molecule has 0 amide bonds. The summed E-state index contributed by atoms with van der Waals surface area (Å²) in [6, 6.07) is 3.19. The number of carbonyl (C=O) groups is 1. The normalized spacial score (nSPS) is 23.9. The minimum Gasteiger partial charge on any atom is -0.477 e. The Balaban J connectivity index is 1.86. The second-order valence-electron chi connectivity index (χ2n) is 4.78. The van der Waals surface area contributed by atoms with Crippen molar-refractivity contribution in [1.82, 2.24) is 4.31 Å². The summed E-state index contributed by atoms with van der Waals surface area (Å²) in [5.74, 6) is -0.601. The largest absolute Gasteiger partial charge is 0.477 e. The van der Waals surface area contributed by atoms with Gasteiger partial charge in [-0.1, -0.05) is 0 Å². The number of carboxylic acids is 1. The zero-order valence-corrected chi connectivity index (χ0v) is 12.6. The molecule has 1 atom stereocenters. The second kappa shape index (κ2) is 6.42. The molecular weight excluding hydrogens is 302 g/mol. The van der Waals surface area contributed by atoms with Crippen molar-refractivity contribution in [2.45, 2.75) is 25.3 Å². The van der Waals surface area contributed by atoms with E-state index in [0.717, 1.165) is 4.88 Å². The van der Waals surface area contributed by atoms with Crippen molar-refractivity contribution >= 4 is 28.1 Å². The third-order valence-corrected chi connectivity index (χ3v) is 6.54. The molecule has 1 fully saturated rings. The van der Waals surface area contributed by atoms with Gasteiger partial charge in [0.1, 0.15) is 4.88 Å². The average molecular weight is 321 g/mol. The first kappa shape index (κ1) is 15.7. The van der Waals surface area contributed by atoms with E-state index < -0.39 is 16.7 Å². The third-order valence-electron chi connectivity index (χ3n) is 3.39. The molecule has 6 nitrogen and oxygen atoms in total. The number of aromatic carboxylic acids is 1. The van der Waals surface area contributed by atoms with E-state index >= 15 is 0 Å². The molecule has 2 rings (SSSR count). The van der Waals surface area contributed by atoms with Crippen LogP contribution in [-0.2, 0) is 6.42 Å². The van der Waals surface area contributed by atoms with E-state index in [2.05, 4.69) is 0 Å². The fourth-order valence-electron chi connectivity index (χ4n) is 2.34. The Hall–Kier alpha value is -0.640. The number of nitrogens with zero attached hydrogens (tertiary/aromatic N) is 1. The van der Waals surface area contributed by atoms with Gasteiger partial charge in [0.2, 0.25) is 0 Å². The fourth-order valence-corrected chi connectivity index (χ4v) is 5.12. The van der Waals surface area contributed by atoms with Crippen LogP contribution in [0.5, 0.6) is 0 Å². The van der Waals surface area contributed by atoms with Crippen LogP contribution in [0.1, 0.15) is 27.4 Å². The molecule has 1 saturated heterocycles. The maximum atomic E-state index is 10.8. The molecule has 1 aliphatic rings. The molecule has 20 heavy (non-hydrogen) atoms. The van der Waals surface area contributed by atoms with Crippen molar-refractivity contribution in [3.63, 3.8) is 0 Å². The van der Waals surface area contributed by atoms with Crippen molar-refractivity contribution in [2.24, 2.45) is 0 Å². The Morgan fingerprint density at radius 3 is 2.80 bits per heavy atom. The van der Waals surface area contributed by atoms with Crippen LogP contribution in [0.25, 0.3) is 0 Å². The highest BCUT2D eigenvalue weighted by Crippen LogP contribution is 2.51. The van der Waals surface area contributed by atoms with E-state index in [0.29, 0.717) is 36.4 Å². The molecule has 2 heterocycles. The number of aryl methyl sites for hydroxylation is 1. The lowest BCUT2D eigenvalue weighted by molar-refractivity contribution is 0.0702. The van der Waals surface area contributed by atoms with Crippen molar-refractivity contribution in [3.05, 3.63) is 21.9 Å². The summed E-state index contributed by atoms with van der Waals surface area (Å²) in [5, 5.41) is 18.1. The van der Waals surface area contributed by atoms with Crippen LogP contribution in [-0.4, -0.2) is 54.5 Å². The number of hydrogen-bond acceptors (Lipinski definition) is 6. The summed E-state index contributed by atoms with van der Waals surface area (Å²) >= 11 is 1.24. The first-order valence-electron chi connectivity index (χ1n) is 6.39. The van der Waals surface area contributed by atoms with Gasteiger partial charge in [0.25, 0.3) is 0 Å². The Bertz CT molecular complexity index is 476. The van der Waals surface area contributed by atoms with Crippen LogP contribution in [0.15, 0.2) is 12.1 Å². The van der Waals surface area contributed by atoms with Crippen molar-refractivity contribution in [3.8, 4) is 0 Å². The van der Waals surface area contributed by atoms with E-state index in [-0.39, 0.29) is 12.6 Å². The number of thiophene rings is 1. The van der Waals surface area contributed by atoms with Crippen LogP contribution in [0, 0.1) is 0 Å². The maximum absolute atomic E-state index is 10.8. The molecule has 1 unspecified atom stereocenters. The minimum absolute atomic E-state index is 0.0714. The molecule has 0 radical (unpaired) electrons. The lowest BCUT2D eigenvalue weighted by Gasteiger charge is -2.39. The standard InChI is InChI=1S/C12H19NO5S2/c14-8-9-5-7-20(17,18)13(9)6-1-2-10-3-4-11(19-10)12(15)16/h3-4,9,14,17-18H,1-2,5-8H2,(H,15,16). The van der Waals surface area contributed by atoms with Gasteiger partial charge < -0.3 is 10.2 Å². The number of rotatable bonds is 6. The Labute approximate surface area is 123 Å². The second-order valence-corrected chi connectivity index (χ2v) is 8.09. The Morgan fingerprint density at radius 1 is 1.45 bits per heavy atom. The van der Waals surface area contributed by atoms with Gasteiger partial charge in [-0.25, -0.2) is 9.10 Å². The average Bonchev–Trinajstić information content (AvgIpc) is 2.95. The lowest BCUT2D eigenvalue weighted by atomic mass is 10.2.